The van der Waals surface area contributed by atoms with E-state index in [-0.39, 0.29) is 11.5 Å². The van der Waals surface area contributed by atoms with Gasteiger partial charge in [-0.05, 0) is 19.4 Å². The summed E-state index contributed by atoms with van der Waals surface area (Å²) in [6, 6.07) is 0.290. The van der Waals surface area contributed by atoms with Crippen LogP contribution in [0.25, 0.3) is 0 Å². The second-order valence-corrected chi connectivity index (χ2v) is 5.90. The maximum Gasteiger partial charge on any atom is 0.232 e. The van der Waals surface area contributed by atoms with Gasteiger partial charge in [-0.15, -0.1) is 0 Å². The number of nitrogens with two attached hydrogens (primary N) is 1. The molecule has 0 aromatic carbocycles. The Kier molecular flexibility index (Phi) is 3.49. The van der Waals surface area contributed by atoms with Gasteiger partial charge in [-0.2, -0.15) is 4.98 Å². The van der Waals surface area contributed by atoms with Crippen LogP contribution in [0.15, 0.2) is 4.52 Å². The normalized spacial score (nSPS) is 22.9. The Hall–Kier alpha value is -0.940. The molecule has 0 unspecified atom stereocenters. The Labute approximate surface area is 102 Å². The third-order valence-corrected chi connectivity index (χ3v) is 3.02. The summed E-state index contributed by atoms with van der Waals surface area (Å²) >= 11 is 0. The van der Waals surface area contributed by atoms with Gasteiger partial charge in [0.2, 0.25) is 5.89 Å². The van der Waals surface area contributed by atoms with Crippen molar-refractivity contribution < 1.29 is 4.52 Å². The van der Waals surface area contributed by atoms with Crippen molar-refractivity contribution in [2.75, 3.05) is 13.1 Å². The average molecular weight is 238 g/mol. The van der Waals surface area contributed by atoms with Crippen molar-refractivity contribution in [3.05, 3.63) is 11.7 Å². The van der Waals surface area contributed by atoms with Gasteiger partial charge >= 0.3 is 0 Å². The molecule has 0 amide bonds. The Morgan fingerprint density at radius 2 is 2.24 bits per heavy atom. The molecule has 1 aliphatic rings. The molecule has 0 radical (unpaired) electrons. The Morgan fingerprint density at radius 1 is 1.47 bits per heavy atom. The summed E-state index contributed by atoms with van der Waals surface area (Å²) in [5, 5.41) is 4.03. The molecule has 0 aliphatic carbocycles. The number of aromatic nitrogens is 2. The molecule has 2 N–H and O–H groups in total. The van der Waals surface area contributed by atoms with Gasteiger partial charge in [0.25, 0.3) is 0 Å². The van der Waals surface area contributed by atoms with E-state index in [9.17, 15) is 0 Å². The zero-order chi connectivity index (χ0) is 12.5. The number of likely N-dealkylation sites (tertiary alicyclic amines) is 1. The van der Waals surface area contributed by atoms with Crippen molar-refractivity contribution in [2.24, 2.45) is 5.73 Å². The van der Waals surface area contributed by atoms with Crippen molar-refractivity contribution in [3.8, 4) is 0 Å². The summed E-state index contributed by atoms with van der Waals surface area (Å²) in [6.07, 6.45) is 2.28. The molecule has 1 aromatic rings. The lowest BCUT2D eigenvalue weighted by Crippen LogP contribution is -2.42. The molecule has 1 atom stereocenters. The van der Waals surface area contributed by atoms with Gasteiger partial charge in [0.1, 0.15) is 0 Å². The van der Waals surface area contributed by atoms with Crippen LogP contribution in [0.3, 0.4) is 0 Å². The number of hydrogen-bond acceptors (Lipinski definition) is 5. The van der Waals surface area contributed by atoms with Crippen LogP contribution in [0.5, 0.6) is 0 Å². The highest BCUT2D eigenvalue weighted by Gasteiger charge is 2.23. The molecule has 2 rings (SSSR count). The van der Waals surface area contributed by atoms with Gasteiger partial charge in [0.15, 0.2) is 5.82 Å². The standard InChI is InChI=1S/C12H22N4O/c1-12(2,3)11-14-10(15-17-11)8-16-6-4-5-9(13)7-16/h9H,4-8,13H2,1-3H3/t9-/m1/s1. The number of piperidine rings is 1. The van der Waals surface area contributed by atoms with E-state index in [4.69, 9.17) is 10.3 Å². The SMILES string of the molecule is CC(C)(C)c1nc(CN2CCC[C@@H](N)C2)no1. The van der Waals surface area contributed by atoms with Gasteiger partial charge in [-0.3, -0.25) is 4.90 Å². The fourth-order valence-corrected chi connectivity index (χ4v) is 2.06. The highest BCUT2D eigenvalue weighted by atomic mass is 16.5. The van der Waals surface area contributed by atoms with Crippen LogP contribution in [-0.2, 0) is 12.0 Å². The summed E-state index contributed by atoms with van der Waals surface area (Å²) in [4.78, 5) is 6.74. The third-order valence-electron chi connectivity index (χ3n) is 3.02. The van der Waals surface area contributed by atoms with Crippen molar-refractivity contribution in [1.29, 1.82) is 0 Å². The predicted octanol–water partition coefficient (Wildman–Crippen LogP) is 1.29. The quantitative estimate of drug-likeness (QED) is 0.841. The van der Waals surface area contributed by atoms with Crippen molar-refractivity contribution in [1.82, 2.24) is 15.0 Å². The fourth-order valence-electron chi connectivity index (χ4n) is 2.06. The Balaban J connectivity index is 1.97. The van der Waals surface area contributed by atoms with Crippen LogP contribution in [-0.4, -0.2) is 34.2 Å². The molecule has 1 saturated heterocycles. The van der Waals surface area contributed by atoms with E-state index in [1.165, 1.54) is 0 Å². The lowest BCUT2D eigenvalue weighted by Gasteiger charge is -2.29. The van der Waals surface area contributed by atoms with Crippen molar-refractivity contribution in [2.45, 2.75) is 51.6 Å². The molecule has 17 heavy (non-hydrogen) atoms. The largest absolute Gasteiger partial charge is 0.339 e. The van der Waals surface area contributed by atoms with Gasteiger partial charge in [0, 0.05) is 18.0 Å². The van der Waals surface area contributed by atoms with E-state index in [2.05, 4.69) is 35.8 Å². The lowest BCUT2D eigenvalue weighted by molar-refractivity contribution is 0.194. The molecule has 0 saturated carbocycles. The molecule has 1 aromatic heterocycles. The van der Waals surface area contributed by atoms with Crippen LogP contribution in [0.4, 0.5) is 0 Å². The average Bonchev–Trinajstić information content (AvgIpc) is 2.65. The smallest absolute Gasteiger partial charge is 0.232 e. The number of nitrogens with zero attached hydrogens (tertiary/aromatic N) is 3. The van der Waals surface area contributed by atoms with E-state index in [0.29, 0.717) is 5.89 Å². The maximum atomic E-state index is 5.95. The van der Waals surface area contributed by atoms with Crippen LogP contribution in [0, 0.1) is 0 Å². The molecule has 1 fully saturated rings. The van der Waals surface area contributed by atoms with E-state index in [0.717, 1.165) is 38.3 Å². The second-order valence-electron chi connectivity index (χ2n) is 5.90. The van der Waals surface area contributed by atoms with Crippen molar-refractivity contribution in [3.63, 3.8) is 0 Å². The summed E-state index contributed by atoms with van der Waals surface area (Å²) in [7, 11) is 0. The van der Waals surface area contributed by atoms with E-state index < -0.39 is 0 Å². The minimum Gasteiger partial charge on any atom is -0.339 e. The molecule has 5 heteroatoms. The van der Waals surface area contributed by atoms with Gasteiger partial charge < -0.3 is 10.3 Å². The highest BCUT2D eigenvalue weighted by Crippen LogP contribution is 2.20. The lowest BCUT2D eigenvalue weighted by atomic mass is 9.97. The summed E-state index contributed by atoms with van der Waals surface area (Å²) in [5.74, 6) is 1.47. The number of rotatable bonds is 2. The highest BCUT2D eigenvalue weighted by molar-refractivity contribution is 4.98. The van der Waals surface area contributed by atoms with E-state index >= 15 is 0 Å². The van der Waals surface area contributed by atoms with Gasteiger partial charge in [-0.25, -0.2) is 0 Å². The predicted molar refractivity (Wildman–Crippen MR) is 65.5 cm³/mol. The minimum absolute atomic E-state index is 0.0798. The third kappa shape index (κ3) is 3.26. The molecule has 2 heterocycles. The molecule has 0 bridgehead atoms. The molecular formula is C12H22N4O. The fraction of sp³-hybridized carbons (Fsp3) is 0.833. The summed E-state index contributed by atoms with van der Waals surface area (Å²) in [6.45, 7) is 8.96. The first-order valence-electron chi connectivity index (χ1n) is 6.26. The first-order valence-corrected chi connectivity index (χ1v) is 6.26. The zero-order valence-corrected chi connectivity index (χ0v) is 10.9. The molecule has 96 valence electrons. The van der Waals surface area contributed by atoms with Crippen LogP contribution in [0.1, 0.15) is 45.3 Å². The van der Waals surface area contributed by atoms with E-state index in [1.807, 2.05) is 0 Å². The van der Waals surface area contributed by atoms with E-state index in [1.54, 1.807) is 0 Å². The minimum atomic E-state index is -0.0798. The monoisotopic (exact) mass is 238 g/mol. The molecule has 5 nitrogen and oxygen atoms in total. The van der Waals surface area contributed by atoms with Gasteiger partial charge in [0.05, 0.1) is 6.54 Å². The van der Waals surface area contributed by atoms with Crippen molar-refractivity contribution >= 4 is 0 Å². The topological polar surface area (TPSA) is 68.2 Å². The van der Waals surface area contributed by atoms with Crippen LogP contribution >= 0.6 is 0 Å². The zero-order valence-electron chi connectivity index (χ0n) is 10.9. The first-order chi connectivity index (χ1) is 7.95. The number of hydrogen-bond donors (Lipinski definition) is 1. The second kappa shape index (κ2) is 4.74. The Morgan fingerprint density at radius 3 is 2.82 bits per heavy atom. The molecule has 1 aliphatic heterocycles. The Bertz CT molecular complexity index is 369. The van der Waals surface area contributed by atoms with Crippen LogP contribution < -0.4 is 5.73 Å². The first kappa shape index (κ1) is 12.5. The molecule has 0 spiro atoms. The summed E-state index contributed by atoms with van der Waals surface area (Å²) in [5.41, 5.74) is 5.87. The van der Waals surface area contributed by atoms with Gasteiger partial charge in [-0.1, -0.05) is 25.9 Å². The summed E-state index contributed by atoms with van der Waals surface area (Å²) < 4.78 is 5.28. The maximum absolute atomic E-state index is 5.95. The van der Waals surface area contributed by atoms with Crippen LogP contribution in [0.2, 0.25) is 0 Å². The molecular weight excluding hydrogens is 216 g/mol.